The molecule has 0 unspecified atom stereocenters. The van der Waals surface area contributed by atoms with Gasteiger partial charge < -0.3 is 9.47 Å². The van der Waals surface area contributed by atoms with Crippen LogP contribution in [0.4, 0.5) is 0 Å². The molecule has 4 rings (SSSR count). The molecular weight excluding hydrogens is 294 g/mol. The average molecular weight is 313 g/mol. The Morgan fingerprint density at radius 2 is 2.17 bits per heavy atom. The third kappa shape index (κ3) is 2.46. The standard InChI is InChI=1S/C16H19N5O2/c1-10-7-13-14(16(18-10)22-2)15(20-19-13)11-8-17-21(9-11)12-3-5-23-6-4-12/h7-9,12H,3-6H2,1-2H3,(H,19,20). The van der Waals surface area contributed by atoms with Crippen molar-refractivity contribution in [2.75, 3.05) is 20.3 Å². The van der Waals surface area contributed by atoms with Crippen molar-refractivity contribution in [1.29, 1.82) is 0 Å². The number of nitrogens with zero attached hydrogens (tertiary/aromatic N) is 4. The van der Waals surface area contributed by atoms with E-state index in [4.69, 9.17) is 9.47 Å². The molecule has 1 N–H and O–H groups in total. The lowest BCUT2D eigenvalue weighted by Crippen LogP contribution is -2.19. The van der Waals surface area contributed by atoms with E-state index >= 15 is 0 Å². The molecule has 4 heterocycles. The molecule has 0 saturated carbocycles. The average Bonchev–Trinajstić information content (AvgIpc) is 3.21. The van der Waals surface area contributed by atoms with Gasteiger partial charge in [0.15, 0.2) is 0 Å². The second-order valence-corrected chi connectivity index (χ2v) is 5.82. The van der Waals surface area contributed by atoms with Gasteiger partial charge in [0.25, 0.3) is 0 Å². The third-order valence-corrected chi connectivity index (χ3v) is 4.27. The Morgan fingerprint density at radius 1 is 1.35 bits per heavy atom. The molecule has 0 spiro atoms. The quantitative estimate of drug-likeness (QED) is 0.804. The van der Waals surface area contributed by atoms with Gasteiger partial charge in [-0.15, -0.1) is 0 Å². The van der Waals surface area contributed by atoms with Gasteiger partial charge in [-0.1, -0.05) is 0 Å². The Morgan fingerprint density at radius 3 is 2.96 bits per heavy atom. The predicted molar refractivity (Wildman–Crippen MR) is 85.5 cm³/mol. The van der Waals surface area contributed by atoms with Crippen LogP contribution in [0.2, 0.25) is 0 Å². The summed E-state index contributed by atoms with van der Waals surface area (Å²) in [6.45, 7) is 3.52. The number of nitrogens with one attached hydrogen (secondary N) is 1. The molecule has 23 heavy (non-hydrogen) atoms. The van der Waals surface area contributed by atoms with Crippen molar-refractivity contribution in [1.82, 2.24) is 25.0 Å². The summed E-state index contributed by atoms with van der Waals surface area (Å²) in [6.07, 6.45) is 5.88. The number of aromatic amines is 1. The van der Waals surface area contributed by atoms with E-state index in [0.29, 0.717) is 11.9 Å². The van der Waals surface area contributed by atoms with Gasteiger partial charge in [0, 0.05) is 30.7 Å². The summed E-state index contributed by atoms with van der Waals surface area (Å²) in [6, 6.07) is 2.36. The number of rotatable bonds is 3. The van der Waals surface area contributed by atoms with Crippen molar-refractivity contribution < 1.29 is 9.47 Å². The minimum atomic E-state index is 0.393. The van der Waals surface area contributed by atoms with E-state index in [1.807, 2.05) is 30.1 Å². The van der Waals surface area contributed by atoms with Crippen molar-refractivity contribution in [3.05, 3.63) is 24.2 Å². The lowest BCUT2D eigenvalue weighted by atomic mass is 10.1. The molecule has 1 aliphatic heterocycles. The molecule has 120 valence electrons. The Hall–Kier alpha value is -2.41. The molecule has 3 aromatic rings. The SMILES string of the molecule is COc1nc(C)cc2[nH]nc(-c3cnn(C4CCOCC4)c3)c12. The van der Waals surface area contributed by atoms with E-state index in [1.54, 1.807) is 7.11 Å². The summed E-state index contributed by atoms with van der Waals surface area (Å²) in [5.41, 5.74) is 3.60. The van der Waals surface area contributed by atoms with Crippen LogP contribution in [0.1, 0.15) is 24.6 Å². The first kappa shape index (κ1) is 14.2. The van der Waals surface area contributed by atoms with Crippen molar-refractivity contribution >= 4 is 10.9 Å². The monoisotopic (exact) mass is 313 g/mol. The predicted octanol–water partition coefficient (Wildman–Crippen LogP) is 2.49. The first-order valence-corrected chi connectivity index (χ1v) is 7.78. The first-order valence-electron chi connectivity index (χ1n) is 7.78. The van der Waals surface area contributed by atoms with Crippen molar-refractivity contribution in [3.8, 4) is 17.1 Å². The number of aryl methyl sites for hydroxylation is 1. The summed E-state index contributed by atoms with van der Waals surface area (Å²) >= 11 is 0. The molecule has 0 aliphatic carbocycles. The van der Waals surface area contributed by atoms with E-state index in [2.05, 4.69) is 20.3 Å². The lowest BCUT2D eigenvalue weighted by Gasteiger charge is -2.22. The largest absolute Gasteiger partial charge is 0.480 e. The van der Waals surface area contributed by atoms with E-state index in [1.165, 1.54) is 0 Å². The number of fused-ring (bicyclic) bond motifs is 1. The second-order valence-electron chi connectivity index (χ2n) is 5.82. The Labute approximate surface area is 133 Å². The number of H-pyrrole nitrogens is 1. The number of methoxy groups -OCH3 is 1. The fraction of sp³-hybridized carbons (Fsp3) is 0.438. The van der Waals surface area contributed by atoms with Crippen LogP contribution in [0, 0.1) is 6.92 Å². The van der Waals surface area contributed by atoms with Crippen LogP contribution < -0.4 is 4.74 Å². The van der Waals surface area contributed by atoms with Crippen molar-refractivity contribution in [2.24, 2.45) is 0 Å². The smallest absolute Gasteiger partial charge is 0.225 e. The summed E-state index contributed by atoms with van der Waals surface area (Å²) in [4.78, 5) is 4.45. The topological polar surface area (TPSA) is 77.9 Å². The van der Waals surface area contributed by atoms with Crippen LogP contribution in [0.25, 0.3) is 22.2 Å². The van der Waals surface area contributed by atoms with Gasteiger partial charge in [-0.3, -0.25) is 9.78 Å². The molecule has 0 atom stereocenters. The minimum absolute atomic E-state index is 0.393. The highest BCUT2D eigenvalue weighted by molar-refractivity contribution is 5.96. The van der Waals surface area contributed by atoms with Crippen LogP contribution in [0.5, 0.6) is 5.88 Å². The molecule has 0 aromatic carbocycles. The molecule has 1 fully saturated rings. The molecular formula is C16H19N5O2. The Balaban J connectivity index is 1.76. The van der Waals surface area contributed by atoms with Gasteiger partial charge >= 0.3 is 0 Å². The fourth-order valence-electron chi connectivity index (χ4n) is 3.10. The maximum atomic E-state index is 5.44. The summed E-state index contributed by atoms with van der Waals surface area (Å²) in [5, 5.41) is 12.9. The summed E-state index contributed by atoms with van der Waals surface area (Å²) in [7, 11) is 1.63. The van der Waals surface area contributed by atoms with Crippen molar-refractivity contribution in [2.45, 2.75) is 25.8 Å². The highest BCUT2D eigenvalue weighted by Crippen LogP contribution is 2.33. The van der Waals surface area contributed by atoms with Crippen LogP contribution in [0.15, 0.2) is 18.5 Å². The van der Waals surface area contributed by atoms with E-state index in [0.717, 1.165) is 53.9 Å². The Bertz CT molecular complexity index is 832. The number of hydrogen-bond donors (Lipinski definition) is 1. The first-order chi connectivity index (χ1) is 11.3. The Kier molecular flexibility index (Phi) is 3.49. The molecule has 0 amide bonds. The summed E-state index contributed by atoms with van der Waals surface area (Å²) in [5.74, 6) is 0.586. The number of pyridine rings is 1. The normalized spacial score (nSPS) is 16.1. The van der Waals surface area contributed by atoms with E-state index < -0.39 is 0 Å². The van der Waals surface area contributed by atoms with Gasteiger partial charge in [0.1, 0.15) is 5.69 Å². The zero-order chi connectivity index (χ0) is 15.8. The molecule has 7 heteroatoms. The van der Waals surface area contributed by atoms with Gasteiger partial charge in [0.05, 0.1) is 30.3 Å². The van der Waals surface area contributed by atoms with Crippen LogP contribution in [-0.4, -0.2) is 45.3 Å². The van der Waals surface area contributed by atoms with Crippen LogP contribution in [-0.2, 0) is 4.74 Å². The van der Waals surface area contributed by atoms with E-state index in [9.17, 15) is 0 Å². The number of hydrogen-bond acceptors (Lipinski definition) is 5. The lowest BCUT2D eigenvalue weighted by molar-refractivity contribution is 0.0662. The second kappa shape index (κ2) is 5.66. The highest BCUT2D eigenvalue weighted by atomic mass is 16.5. The molecule has 0 bridgehead atoms. The zero-order valence-corrected chi connectivity index (χ0v) is 13.2. The molecule has 1 saturated heterocycles. The van der Waals surface area contributed by atoms with E-state index in [-0.39, 0.29) is 0 Å². The maximum Gasteiger partial charge on any atom is 0.225 e. The summed E-state index contributed by atoms with van der Waals surface area (Å²) < 4.78 is 12.9. The highest BCUT2D eigenvalue weighted by Gasteiger charge is 2.20. The molecule has 1 aliphatic rings. The third-order valence-electron chi connectivity index (χ3n) is 4.27. The number of aromatic nitrogens is 5. The maximum absolute atomic E-state index is 5.44. The minimum Gasteiger partial charge on any atom is -0.480 e. The number of ether oxygens (including phenoxy) is 2. The molecule has 0 radical (unpaired) electrons. The zero-order valence-electron chi connectivity index (χ0n) is 13.2. The molecule has 7 nitrogen and oxygen atoms in total. The fourth-order valence-corrected chi connectivity index (χ4v) is 3.10. The van der Waals surface area contributed by atoms with Gasteiger partial charge in [-0.25, -0.2) is 4.98 Å². The van der Waals surface area contributed by atoms with Gasteiger partial charge in [-0.2, -0.15) is 10.2 Å². The van der Waals surface area contributed by atoms with Crippen LogP contribution in [0.3, 0.4) is 0 Å². The van der Waals surface area contributed by atoms with Gasteiger partial charge in [0.2, 0.25) is 5.88 Å². The van der Waals surface area contributed by atoms with Gasteiger partial charge in [-0.05, 0) is 25.8 Å². The van der Waals surface area contributed by atoms with Crippen molar-refractivity contribution in [3.63, 3.8) is 0 Å². The van der Waals surface area contributed by atoms with Crippen LogP contribution >= 0.6 is 0 Å². The molecule has 3 aromatic heterocycles.